The summed E-state index contributed by atoms with van der Waals surface area (Å²) >= 11 is 1.01. The Hall–Kier alpha value is -3.62. The van der Waals surface area contributed by atoms with Crippen molar-refractivity contribution in [3.05, 3.63) is 12.7 Å². The van der Waals surface area contributed by atoms with E-state index in [1.807, 2.05) is 0 Å². The third-order valence-electron chi connectivity index (χ3n) is 7.48. The van der Waals surface area contributed by atoms with E-state index in [1.54, 1.807) is 0 Å². The summed E-state index contributed by atoms with van der Waals surface area (Å²) in [6.45, 7) is 0.435. The quantitative estimate of drug-likeness (QED) is 0.0436. The molecule has 11 N–H and O–H groups in total. The molecule has 1 aliphatic heterocycles. The fourth-order valence-corrected chi connectivity index (χ4v) is 8.05. The van der Waals surface area contributed by atoms with E-state index < -0.39 is 96.7 Å². The standard InChI is InChI=1S/C26H40N7O17P3S.C2HF3O2/c1-4-5-6-17(35)54-10-9-28-16(34)7-8-29-24(38)21(37)26(2,3)12-47-53(44,45)50-52(42,43)46-11-15-20(49-51(39,40)41)19(36)25(48-15)33-14-32-18-22(27)30-13-31-23(18)33;3-2(4,5)1(6)7/h1,13-15,19-21,25,36-37H,5-12H2,2-3H3,(H,28,34)(H,29,38)(H,42,43)(H,44,45)(H2,27,30,31)(H2,39,40,41);(H,6,7)/t15-,19-,20-,21+,25-;/m1./s1. The van der Waals surface area contributed by atoms with Gasteiger partial charge >= 0.3 is 35.6 Å². The number of aliphatic hydroxyl groups excluding tert-OH is 2. The number of carbonyl (C=O) groups is 4. The van der Waals surface area contributed by atoms with Gasteiger partial charge in [0.15, 0.2) is 22.8 Å². The number of phosphoric acid groups is 3. The lowest BCUT2D eigenvalue weighted by atomic mass is 9.87. The molecule has 33 heteroatoms. The Kier molecular flexibility index (Phi) is 19.9. The number of nitrogen functional groups attached to an aromatic ring is 1. The van der Waals surface area contributed by atoms with Crippen LogP contribution in [0.1, 0.15) is 39.3 Å². The number of alkyl halides is 3. The summed E-state index contributed by atoms with van der Waals surface area (Å²) in [4.78, 5) is 95.8. The average molecular weight is 962 g/mol. The van der Waals surface area contributed by atoms with Crippen molar-refractivity contribution in [3.8, 4) is 12.3 Å². The first-order valence-electron chi connectivity index (χ1n) is 16.8. The highest BCUT2D eigenvalue weighted by molar-refractivity contribution is 8.13. The van der Waals surface area contributed by atoms with Gasteiger partial charge < -0.3 is 56.0 Å². The number of carboxylic acid groups (broad SMARTS) is 1. The molecule has 1 fully saturated rings. The lowest BCUT2D eigenvalue weighted by molar-refractivity contribution is -0.192. The summed E-state index contributed by atoms with van der Waals surface area (Å²) < 4.78 is 93.7. The van der Waals surface area contributed by atoms with Gasteiger partial charge in [-0.2, -0.15) is 17.5 Å². The van der Waals surface area contributed by atoms with Crippen LogP contribution in [0.25, 0.3) is 11.2 Å². The molecule has 26 nitrogen and oxygen atoms in total. The Morgan fingerprint density at radius 3 is 2.26 bits per heavy atom. The van der Waals surface area contributed by atoms with Gasteiger partial charge in [-0.3, -0.25) is 32.5 Å². The van der Waals surface area contributed by atoms with E-state index in [9.17, 15) is 71.0 Å². The average Bonchev–Trinajstić information content (AvgIpc) is 3.70. The summed E-state index contributed by atoms with van der Waals surface area (Å²) in [6, 6.07) is 0. The van der Waals surface area contributed by atoms with Gasteiger partial charge in [-0.1, -0.05) is 25.6 Å². The van der Waals surface area contributed by atoms with Crippen LogP contribution in [0.4, 0.5) is 19.0 Å². The van der Waals surface area contributed by atoms with Gasteiger partial charge in [-0.05, 0) is 0 Å². The predicted molar refractivity (Wildman–Crippen MR) is 199 cm³/mol. The van der Waals surface area contributed by atoms with Gasteiger partial charge in [-0.25, -0.2) is 33.4 Å². The molecule has 2 aromatic rings. The molecule has 344 valence electrons. The molecule has 0 aromatic carbocycles. The monoisotopic (exact) mass is 961 g/mol. The first-order valence-corrected chi connectivity index (χ1v) is 22.3. The molecule has 1 aliphatic rings. The van der Waals surface area contributed by atoms with E-state index >= 15 is 0 Å². The van der Waals surface area contributed by atoms with Crippen molar-refractivity contribution >= 4 is 75.1 Å². The van der Waals surface area contributed by atoms with Crippen molar-refractivity contribution in [1.29, 1.82) is 0 Å². The molecular weight excluding hydrogens is 920 g/mol. The van der Waals surface area contributed by atoms with E-state index in [-0.39, 0.29) is 48.0 Å². The Labute approximate surface area is 346 Å². The number of amides is 2. The van der Waals surface area contributed by atoms with Crippen molar-refractivity contribution in [1.82, 2.24) is 30.2 Å². The number of nitrogens with zero attached hydrogens (tertiary/aromatic N) is 4. The normalized spacial score (nSPS) is 20.6. The van der Waals surface area contributed by atoms with Crippen LogP contribution in [0.2, 0.25) is 0 Å². The predicted octanol–water partition coefficient (Wildman–Crippen LogP) is -0.289. The number of thioether (sulfide) groups is 1. The number of hydrogen-bond donors (Lipinski definition) is 10. The van der Waals surface area contributed by atoms with Gasteiger partial charge in [0.2, 0.25) is 11.8 Å². The van der Waals surface area contributed by atoms with Crippen LogP contribution in [0.5, 0.6) is 0 Å². The van der Waals surface area contributed by atoms with Gasteiger partial charge in [0.1, 0.15) is 36.3 Å². The number of phosphoric ester groups is 3. The molecule has 0 radical (unpaired) electrons. The lowest BCUT2D eigenvalue weighted by Crippen LogP contribution is -2.46. The number of rotatable bonds is 21. The van der Waals surface area contributed by atoms with Gasteiger partial charge in [0.05, 0.1) is 19.5 Å². The van der Waals surface area contributed by atoms with E-state index in [4.69, 9.17) is 35.8 Å². The van der Waals surface area contributed by atoms with Crippen molar-refractivity contribution in [2.45, 2.75) is 69.9 Å². The summed E-state index contributed by atoms with van der Waals surface area (Å²) in [5.74, 6) is -1.57. The maximum Gasteiger partial charge on any atom is 0.490 e. The number of terminal acetylenes is 1. The fraction of sp³-hybridized carbons (Fsp3) is 0.607. The number of nitrogens with one attached hydrogen (secondary N) is 2. The van der Waals surface area contributed by atoms with E-state index in [0.29, 0.717) is 12.2 Å². The lowest BCUT2D eigenvalue weighted by Gasteiger charge is -2.30. The maximum absolute atomic E-state index is 12.6. The van der Waals surface area contributed by atoms with Crippen LogP contribution in [0, 0.1) is 17.8 Å². The number of carboxylic acids is 1. The zero-order chi connectivity index (χ0) is 46.6. The highest BCUT2D eigenvalue weighted by atomic mass is 32.2. The Balaban J connectivity index is 0.00000168. The summed E-state index contributed by atoms with van der Waals surface area (Å²) in [5.41, 5.74) is 4.25. The highest BCUT2D eigenvalue weighted by Gasteiger charge is 2.50. The number of ether oxygens (including phenoxy) is 1. The van der Waals surface area contributed by atoms with E-state index in [2.05, 4.69) is 40.3 Å². The number of aromatic nitrogens is 4. The molecule has 61 heavy (non-hydrogen) atoms. The SMILES string of the molecule is C#CCCC(=O)SCCNC(=O)CCNC(=O)[C@H](O)C(C)(C)COP(=O)(O)OP(=O)(O)OC[C@H]1O[C@@H](n2cnc3c(N)ncnc32)[C@H](O)[C@@H]1OP(=O)(O)O.O=C(O)C(F)(F)F. The summed E-state index contributed by atoms with van der Waals surface area (Å²) in [7, 11) is -16.4. The largest absolute Gasteiger partial charge is 0.490 e. The highest BCUT2D eigenvalue weighted by Crippen LogP contribution is 2.61. The Morgan fingerprint density at radius 1 is 1.05 bits per heavy atom. The molecule has 3 rings (SSSR count). The zero-order valence-electron chi connectivity index (χ0n) is 31.6. The molecular formula is C28H41F3N7O19P3S. The molecule has 2 unspecified atom stereocenters. The molecule has 2 aromatic heterocycles. The van der Waals surface area contributed by atoms with Crippen LogP contribution in [-0.4, -0.2) is 140 Å². The number of aliphatic carboxylic acids is 1. The molecule has 3 heterocycles. The van der Waals surface area contributed by atoms with Gasteiger partial charge in [0.25, 0.3) is 0 Å². The third kappa shape index (κ3) is 17.9. The third-order valence-corrected chi connectivity index (χ3v) is 11.5. The van der Waals surface area contributed by atoms with Crippen molar-refractivity contribution in [2.24, 2.45) is 5.41 Å². The second kappa shape index (κ2) is 22.6. The number of imidazole rings is 1. The molecule has 0 saturated carbocycles. The van der Waals surface area contributed by atoms with Crippen LogP contribution in [0.3, 0.4) is 0 Å². The molecule has 1 saturated heterocycles. The number of hydrogen-bond acceptors (Lipinski definition) is 19. The van der Waals surface area contributed by atoms with E-state index in [0.717, 1.165) is 29.0 Å². The number of aliphatic hydroxyl groups is 2. The number of carbonyl (C=O) groups excluding carboxylic acids is 3. The van der Waals surface area contributed by atoms with Crippen LogP contribution in [0.15, 0.2) is 12.7 Å². The van der Waals surface area contributed by atoms with Crippen LogP contribution in [-0.2, 0) is 55.5 Å². The Bertz CT molecular complexity index is 2050. The minimum atomic E-state index is -5.57. The molecule has 2 amide bonds. The molecule has 0 aliphatic carbocycles. The summed E-state index contributed by atoms with van der Waals surface area (Å²) in [6.07, 6.45) is -6.39. The number of halogens is 3. The second-order valence-electron chi connectivity index (χ2n) is 12.8. The second-order valence-corrected chi connectivity index (χ2v) is 18.2. The zero-order valence-corrected chi connectivity index (χ0v) is 35.1. The van der Waals surface area contributed by atoms with Crippen LogP contribution >= 0.6 is 35.2 Å². The molecule has 7 atom stereocenters. The van der Waals surface area contributed by atoms with Gasteiger partial charge in [-0.15, -0.1) is 12.3 Å². The minimum absolute atomic E-state index is 0.0279. The minimum Gasteiger partial charge on any atom is -0.475 e. The Morgan fingerprint density at radius 2 is 1.67 bits per heavy atom. The summed E-state index contributed by atoms with van der Waals surface area (Å²) in [5, 5.41) is 33.3. The van der Waals surface area contributed by atoms with Crippen molar-refractivity contribution < 1.29 is 104 Å². The first-order chi connectivity index (χ1) is 28.0. The number of anilines is 1. The molecule has 0 spiro atoms. The van der Waals surface area contributed by atoms with E-state index in [1.165, 1.54) is 13.8 Å². The van der Waals surface area contributed by atoms with Gasteiger partial charge in [0, 0.05) is 43.5 Å². The smallest absolute Gasteiger partial charge is 0.475 e. The van der Waals surface area contributed by atoms with Crippen molar-refractivity contribution in [2.75, 3.05) is 37.8 Å². The first kappa shape index (κ1) is 53.5. The number of nitrogens with two attached hydrogens (primary N) is 1. The van der Waals surface area contributed by atoms with Crippen LogP contribution < -0.4 is 16.4 Å². The number of fused-ring (bicyclic) bond motifs is 1. The molecule has 0 bridgehead atoms. The topological polar surface area (TPSA) is 401 Å². The maximum atomic E-state index is 12.6. The fourth-order valence-electron chi connectivity index (χ4n) is 4.54. The van der Waals surface area contributed by atoms with Crippen molar-refractivity contribution in [3.63, 3.8) is 0 Å².